The first-order chi connectivity index (χ1) is 14.3. The second-order valence-electron chi connectivity index (χ2n) is 6.79. The fourth-order valence-electron chi connectivity index (χ4n) is 2.77. The molecule has 3 aromatic carbocycles. The summed E-state index contributed by atoms with van der Waals surface area (Å²) in [6.45, 7) is 0.393. The summed E-state index contributed by atoms with van der Waals surface area (Å²) < 4.78 is 25.9. The van der Waals surface area contributed by atoms with Crippen molar-refractivity contribution in [2.75, 3.05) is 24.7 Å². The highest BCUT2D eigenvalue weighted by atomic mass is 35.5. The van der Waals surface area contributed by atoms with Gasteiger partial charge in [-0.05, 0) is 54.1 Å². The number of halogens is 1. The van der Waals surface area contributed by atoms with Crippen molar-refractivity contribution in [3.63, 3.8) is 0 Å². The summed E-state index contributed by atoms with van der Waals surface area (Å²) >= 11 is 5.88. The number of sulfonamides is 1. The van der Waals surface area contributed by atoms with Crippen LogP contribution in [-0.4, -0.2) is 32.7 Å². The van der Waals surface area contributed by atoms with Crippen molar-refractivity contribution in [3.8, 4) is 0 Å². The molecule has 0 unspecified atom stereocenters. The minimum atomic E-state index is -3.50. The number of carbonyl (C=O) groups excluding carboxylic acids is 1. The number of benzene rings is 3. The van der Waals surface area contributed by atoms with Gasteiger partial charge in [-0.15, -0.1) is 0 Å². The highest BCUT2D eigenvalue weighted by Gasteiger charge is 2.17. The van der Waals surface area contributed by atoms with Gasteiger partial charge in [0.1, 0.15) is 0 Å². The largest absolute Gasteiger partial charge is 0.379 e. The Hall–Kier alpha value is -2.87. The minimum absolute atomic E-state index is 0.233. The molecule has 0 spiro atoms. The van der Waals surface area contributed by atoms with Crippen LogP contribution in [0, 0.1) is 0 Å². The van der Waals surface area contributed by atoms with Crippen LogP contribution in [-0.2, 0) is 16.6 Å². The Kier molecular flexibility index (Phi) is 6.77. The number of nitrogens with one attached hydrogen (secondary N) is 2. The lowest BCUT2D eigenvalue weighted by molar-refractivity contribution is 0.102. The zero-order valence-corrected chi connectivity index (χ0v) is 18.2. The van der Waals surface area contributed by atoms with E-state index in [0.717, 1.165) is 11.3 Å². The van der Waals surface area contributed by atoms with Crippen LogP contribution in [0.25, 0.3) is 0 Å². The summed E-state index contributed by atoms with van der Waals surface area (Å²) in [7, 11) is -0.501. The van der Waals surface area contributed by atoms with E-state index >= 15 is 0 Å². The van der Waals surface area contributed by atoms with Crippen molar-refractivity contribution >= 4 is 38.9 Å². The zero-order chi connectivity index (χ0) is 21.7. The van der Waals surface area contributed by atoms with Gasteiger partial charge in [-0.3, -0.25) is 4.79 Å². The topological polar surface area (TPSA) is 78.5 Å². The second-order valence-corrected chi connectivity index (χ2v) is 9.38. The average molecular weight is 444 g/mol. The SMILES string of the molecule is CN(C)S(=O)(=O)c1cccc(CNc2ccccc2NC(=O)c2ccc(Cl)cc2)c1. The van der Waals surface area contributed by atoms with E-state index in [0.29, 0.717) is 22.8 Å². The molecular weight excluding hydrogens is 422 g/mol. The lowest BCUT2D eigenvalue weighted by atomic mass is 10.2. The third kappa shape index (κ3) is 5.18. The Morgan fingerprint density at radius 2 is 1.60 bits per heavy atom. The summed E-state index contributed by atoms with van der Waals surface area (Å²) in [4.78, 5) is 12.7. The minimum Gasteiger partial charge on any atom is -0.379 e. The van der Waals surface area contributed by atoms with Crippen LogP contribution < -0.4 is 10.6 Å². The molecule has 0 fully saturated rings. The van der Waals surface area contributed by atoms with Gasteiger partial charge < -0.3 is 10.6 Å². The van der Waals surface area contributed by atoms with Crippen LogP contribution >= 0.6 is 11.6 Å². The van der Waals surface area contributed by atoms with Crippen molar-refractivity contribution < 1.29 is 13.2 Å². The molecule has 6 nitrogen and oxygen atoms in total. The highest BCUT2D eigenvalue weighted by molar-refractivity contribution is 7.89. The van der Waals surface area contributed by atoms with Crippen molar-refractivity contribution in [1.82, 2.24) is 4.31 Å². The van der Waals surface area contributed by atoms with Crippen LogP contribution in [0.2, 0.25) is 5.02 Å². The fourth-order valence-corrected chi connectivity index (χ4v) is 3.86. The van der Waals surface area contributed by atoms with Gasteiger partial charge in [-0.25, -0.2) is 12.7 Å². The van der Waals surface area contributed by atoms with E-state index in [1.54, 1.807) is 48.5 Å². The van der Waals surface area contributed by atoms with E-state index in [1.807, 2.05) is 24.3 Å². The lowest BCUT2D eigenvalue weighted by Gasteiger charge is -2.15. The van der Waals surface area contributed by atoms with E-state index in [9.17, 15) is 13.2 Å². The molecule has 3 aromatic rings. The molecule has 0 atom stereocenters. The van der Waals surface area contributed by atoms with Crippen LogP contribution in [0.4, 0.5) is 11.4 Å². The quantitative estimate of drug-likeness (QED) is 0.565. The zero-order valence-electron chi connectivity index (χ0n) is 16.6. The third-order valence-corrected chi connectivity index (χ3v) is 6.50. The normalized spacial score (nSPS) is 11.3. The maximum absolute atomic E-state index is 12.5. The molecule has 0 bridgehead atoms. The van der Waals surface area contributed by atoms with Crippen LogP contribution in [0.3, 0.4) is 0 Å². The number of hydrogen-bond acceptors (Lipinski definition) is 4. The molecule has 0 heterocycles. The molecule has 2 N–H and O–H groups in total. The van der Waals surface area contributed by atoms with Gasteiger partial charge in [0.15, 0.2) is 0 Å². The Morgan fingerprint density at radius 3 is 2.27 bits per heavy atom. The lowest BCUT2D eigenvalue weighted by Crippen LogP contribution is -2.22. The monoisotopic (exact) mass is 443 g/mol. The summed E-state index contributed by atoms with van der Waals surface area (Å²) in [5, 5.41) is 6.71. The number of nitrogens with zero attached hydrogens (tertiary/aromatic N) is 1. The van der Waals surface area contributed by atoms with Crippen LogP contribution in [0.15, 0.2) is 77.7 Å². The second kappa shape index (κ2) is 9.30. The molecule has 1 amide bonds. The van der Waals surface area contributed by atoms with Crippen LogP contribution in [0.1, 0.15) is 15.9 Å². The van der Waals surface area contributed by atoms with E-state index in [4.69, 9.17) is 11.6 Å². The van der Waals surface area contributed by atoms with E-state index < -0.39 is 10.0 Å². The molecule has 156 valence electrons. The maximum Gasteiger partial charge on any atom is 0.255 e. The number of amides is 1. The van der Waals surface area contributed by atoms with Gasteiger partial charge in [-0.1, -0.05) is 35.9 Å². The summed E-state index contributed by atoms with van der Waals surface area (Å²) in [6.07, 6.45) is 0. The molecule has 0 radical (unpaired) electrons. The summed E-state index contributed by atoms with van der Waals surface area (Å²) in [5.41, 5.74) is 2.64. The number of hydrogen-bond donors (Lipinski definition) is 2. The van der Waals surface area contributed by atoms with Gasteiger partial charge in [0.25, 0.3) is 5.91 Å². The van der Waals surface area contributed by atoms with Crippen molar-refractivity contribution in [2.45, 2.75) is 11.4 Å². The predicted octanol–water partition coefficient (Wildman–Crippen LogP) is 4.45. The molecule has 0 aliphatic carbocycles. The molecule has 0 aliphatic rings. The van der Waals surface area contributed by atoms with Gasteiger partial charge in [0.2, 0.25) is 10.0 Å². The fraction of sp³-hybridized carbons (Fsp3) is 0.136. The summed E-state index contributed by atoms with van der Waals surface area (Å²) in [6, 6.07) is 20.7. The smallest absolute Gasteiger partial charge is 0.255 e. The van der Waals surface area contributed by atoms with E-state index in [-0.39, 0.29) is 10.8 Å². The Balaban J connectivity index is 1.74. The molecule has 3 rings (SSSR count). The molecule has 0 saturated carbocycles. The third-order valence-electron chi connectivity index (χ3n) is 4.44. The number of carbonyl (C=O) groups is 1. The first-order valence-electron chi connectivity index (χ1n) is 9.18. The Bertz CT molecular complexity index is 1150. The maximum atomic E-state index is 12.5. The summed E-state index contributed by atoms with van der Waals surface area (Å²) in [5.74, 6) is -0.250. The first kappa shape index (κ1) is 21.8. The molecule has 0 saturated heterocycles. The predicted molar refractivity (Wildman–Crippen MR) is 120 cm³/mol. The number of rotatable bonds is 7. The molecule has 0 aliphatic heterocycles. The molecule has 8 heteroatoms. The number of para-hydroxylation sites is 2. The average Bonchev–Trinajstić information content (AvgIpc) is 2.73. The van der Waals surface area contributed by atoms with Gasteiger partial charge in [0.05, 0.1) is 16.3 Å². The van der Waals surface area contributed by atoms with Crippen molar-refractivity contribution in [3.05, 3.63) is 88.9 Å². The van der Waals surface area contributed by atoms with Crippen molar-refractivity contribution in [1.29, 1.82) is 0 Å². The highest BCUT2D eigenvalue weighted by Crippen LogP contribution is 2.23. The van der Waals surface area contributed by atoms with Crippen LogP contribution in [0.5, 0.6) is 0 Å². The van der Waals surface area contributed by atoms with Gasteiger partial charge >= 0.3 is 0 Å². The van der Waals surface area contributed by atoms with E-state index in [2.05, 4.69) is 10.6 Å². The Morgan fingerprint density at radius 1 is 0.933 bits per heavy atom. The van der Waals surface area contributed by atoms with E-state index in [1.165, 1.54) is 18.4 Å². The number of anilines is 2. The van der Waals surface area contributed by atoms with Gasteiger partial charge in [0, 0.05) is 31.2 Å². The first-order valence-corrected chi connectivity index (χ1v) is 11.0. The standard InChI is InChI=1S/C22H22ClN3O3S/c1-26(2)30(28,29)19-7-5-6-16(14-19)15-24-20-8-3-4-9-21(20)25-22(27)17-10-12-18(23)13-11-17/h3-14,24H,15H2,1-2H3,(H,25,27). The molecule has 0 aromatic heterocycles. The van der Waals surface area contributed by atoms with Crippen molar-refractivity contribution in [2.24, 2.45) is 0 Å². The van der Waals surface area contributed by atoms with Gasteiger partial charge in [-0.2, -0.15) is 0 Å². The molecular formula is C22H22ClN3O3S. The Labute approximate surface area is 181 Å². The molecule has 30 heavy (non-hydrogen) atoms.